The monoisotopic (exact) mass is 311 g/mol. The molecule has 0 unspecified atom stereocenters. The molecule has 0 spiro atoms. The van der Waals surface area contributed by atoms with E-state index in [-0.39, 0.29) is 0 Å². The molecule has 0 amide bonds. The van der Waals surface area contributed by atoms with Crippen LogP contribution in [0.15, 0.2) is 18.2 Å². The number of fused-ring (bicyclic) bond motifs is 1. The van der Waals surface area contributed by atoms with Gasteiger partial charge in [0.25, 0.3) is 0 Å². The Balaban J connectivity index is 2.11. The molecule has 6 heteroatoms. The van der Waals surface area contributed by atoms with Gasteiger partial charge in [0.15, 0.2) is 0 Å². The van der Waals surface area contributed by atoms with Gasteiger partial charge in [0.2, 0.25) is 0 Å². The second-order valence-corrected chi connectivity index (χ2v) is 5.32. The number of hydrogen-bond acceptors (Lipinski definition) is 4. The Labute approximate surface area is 130 Å². The highest BCUT2D eigenvalue weighted by Crippen LogP contribution is 2.26. The van der Waals surface area contributed by atoms with Crippen LogP contribution in [0.4, 0.5) is 0 Å². The molecule has 1 heterocycles. The van der Waals surface area contributed by atoms with E-state index in [4.69, 9.17) is 21.1 Å². The molecular formula is C15H22ClN3O2. The first kappa shape index (κ1) is 16.1. The smallest absolute Gasteiger partial charge is 0.146 e. The summed E-state index contributed by atoms with van der Waals surface area (Å²) in [5.41, 5.74) is 1.88. The van der Waals surface area contributed by atoms with Gasteiger partial charge < -0.3 is 18.9 Å². The molecule has 0 radical (unpaired) electrons. The Morgan fingerprint density at radius 2 is 2.10 bits per heavy atom. The largest absolute Gasteiger partial charge is 0.494 e. The number of rotatable bonds is 8. The van der Waals surface area contributed by atoms with Crippen LogP contribution in [0.3, 0.4) is 0 Å². The number of hydrogen-bond donors (Lipinski definition) is 0. The quantitative estimate of drug-likeness (QED) is 0.554. The Hall–Kier alpha value is -1.30. The van der Waals surface area contributed by atoms with Crippen LogP contribution in [0.25, 0.3) is 11.0 Å². The average Bonchev–Trinajstić information content (AvgIpc) is 2.84. The highest BCUT2D eigenvalue weighted by Gasteiger charge is 2.13. The molecule has 5 nitrogen and oxygen atoms in total. The first-order valence-corrected chi connectivity index (χ1v) is 7.51. The first-order valence-electron chi connectivity index (χ1n) is 6.98. The lowest BCUT2D eigenvalue weighted by atomic mass is 10.3. The van der Waals surface area contributed by atoms with Crippen LogP contribution in [-0.2, 0) is 17.2 Å². The zero-order valence-electron chi connectivity index (χ0n) is 12.8. The number of alkyl halides is 1. The van der Waals surface area contributed by atoms with Crippen LogP contribution in [0.5, 0.6) is 5.75 Å². The molecule has 0 saturated heterocycles. The fraction of sp³-hybridized carbons (Fsp3) is 0.533. The summed E-state index contributed by atoms with van der Waals surface area (Å²) in [6, 6.07) is 5.90. The number of imidazole rings is 1. The fourth-order valence-electron chi connectivity index (χ4n) is 2.19. The molecule has 116 valence electrons. The molecule has 0 aliphatic carbocycles. The van der Waals surface area contributed by atoms with E-state index in [1.807, 2.05) is 32.3 Å². The van der Waals surface area contributed by atoms with Crippen molar-refractivity contribution in [1.82, 2.24) is 14.5 Å². The van der Waals surface area contributed by atoms with E-state index in [1.54, 1.807) is 7.11 Å². The summed E-state index contributed by atoms with van der Waals surface area (Å²) >= 11 is 6.01. The summed E-state index contributed by atoms with van der Waals surface area (Å²) < 4.78 is 13.1. The lowest BCUT2D eigenvalue weighted by Gasteiger charge is -2.11. The van der Waals surface area contributed by atoms with Crippen molar-refractivity contribution in [3.05, 3.63) is 24.0 Å². The van der Waals surface area contributed by atoms with Crippen molar-refractivity contribution in [2.24, 2.45) is 0 Å². The van der Waals surface area contributed by atoms with E-state index >= 15 is 0 Å². The normalized spacial score (nSPS) is 11.5. The average molecular weight is 312 g/mol. The van der Waals surface area contributed by atoms with Crippen molar-refractivity contribution in [1.29, 1.82) is 0 Å². The van der Waals surface area contributed by atoms with E-state index < -0.39 is 0 Å². The van der Waals surface area contributed by atoms with Crippen LogP contribution in [0, 0.1) is 0 Å². The number of aromatic nitrogens is 2. The molecule has 0 fully saturated rings. The SMILES string of the molecule is COc1cccc2c1nc(CCl)n2CCOCCN(C)C. The molecule has 2 aromatic rings. The van der Waals surface area contributed by atoms with Crippen LogP contribution in [0.1, 0.15) is 5.82 Å². The summed E-state index contributed by atoms with van der Waals surface area (Å²) in [5.74, 6) is 1.98. The molecule has 2 rings (SSSR count). The van der Waals surface area contributed by atoms with E-state index in [0.29, 0.717) is 12.5 Å². The molecule has 0 aliphatic rings. The lowest BCUT2D eigenvalue weighted by Crippen LogP contribution is -2.19. The Morgan fingerprint density at radius 1 is 1.29 bits per heavy atom. The zero-order valence-corrected chi connectivity index (χ0v) is 13.6. The second-order valence-electron chi connectivity index (χ2n) is 5.06. The van der Waals surface area contributed by atoms with Crippen LogP contribution in [-0.4, -0.2) is 55.4 Å². The van der Waals surface area contributed by atoms with Gasteiger partial charge in [-0.25, -0.2) is 4.98 Å². The number of ether oxygens (including phenoxy) is 2. The number of benzene rings is 1. The third kappa shape index (κ3) is 3.87. The summed E-state index contributed by atoms with van der Waals surface area (Å²) in [5, 5.41) is 0. The maximum Gasteiger partial charge on any atom is 0.146 e. The third-order valence-electron chi connectivity index (χ3n) is 3.30. The molecule has 0 atom stereocenters. The van der Waals surface area contributed by atoms with E-state index in [2.05, 4.69) is 14.5 Å². The van der Waals surface area contributed by atoms with Gasteiger partial charge in [-0.15, -0.1) is 11.6 Å². The minimum atomic E-state index is 0.371. The topological polar surface area (TPSA) is 39.5 Å². The van der Waals surface area contributed by atoms with Gasteiger partial charge in [-0.2, -0.15) is 0 Å². The highest BCUT2D eigenvalue weighted by atomic mass is 35.5. The van der Waals surface area contributed by atoms with Crippen LogP contribution < -0.4 is 4.74 Å². The maximum absolute atomic E-state index is 6.01. The molecule has 1 aromatic carbocycles. The number of para-hydroxylation sites is 1. The second kappa shape index (κ2) is 7.64. The lowest BCUT2D eigenvalue weighted by molar-refractivity contribution is 0.111. The summed E-state index contributed by atoms with van der Waals surface area (Å²) in [7, 11) is 5.72. The van der Waals surface area contributed by atoms with Gasteiger partial charge in [0, 0.05) is 13.1 Å². The van der Waals surface area contributed by atoms with Crippen molar-refractivity contribution in [3.8, 4) is 5.75 Å². The third-order valence-corrected chi connectivity index (χ3v) is 3.54. The van der Waals surface area contributed by atoms with E-state index in [1.165, 1.54) is 0 Å². The van der Waals surface area contributed by atoms with Crippen molar-refractivity contribution in [2.75, 3.05) is 41.0 Å². The molecule has 21 heavy (non-hydrogen) atoms. The number of likely N-dealkylation sites (N-methyl/N-ethyl adjacent to an activating group) is 1. The van der Waals surface area contributed by atoms with Gasteiger partial charge in [0.1, 0.15) is 17.1 Å². The maximum atomic E-state index is 6.01. The summed E-state index contributed by atoms with van der Waals surface area (Å²) in [4.78, 5) is 6.67. The summed E-state index contributed by atoms with van der Waals surface area (Å²) in [6.07, 6.45) is 0. The van der Waals surface area contributed by atoms with Crippen molar-refractivity contribution >= 4 is 22.6 Å². The molecule has 0 N–H and O–H groups in total. The van der Waals surface area contributed by atoms with Gasteiger partial charge >= 0.3 is 0 Å². The van der Waals surface area contributed by atoms with E-state index in [9.17, 15) is 0 Å². The van der Waals surface area contributed by atoms with Gasteiger partial charge in [-0.1, -0.05) is 6.07 Å². The van der Waals surface area contributed by atoms with Gasteiger partial charge in [0.05, 0.1) is 31.7 Å². The predicted octanol–water partition coefficient (Wildman–Crippen LogP) is 2.36. The first-order chi connectivity index (χ1) is 10.2. The molecule has 0 bridgehead atoms. The molecule has 0 aliphatic heterocycles. The zero-order chi connectivity index (χ0) is 15.2. The summed E-state index contributed by atoms with van der Waals surface area (Å²) in [6.45, 7) is 3.01. The predicted molar refractivity (Wildman–Crippen MR) is 85.2 cm³/mol. The van der Waals surface area contributed by atoms with Crippen molar-refractivity contribution in [2.45, 2.75) is 12.4 Å². The Bertz CT molecular complexity index is 584. The van der Waals surface area contributed by atoms with Gasteiger partial charge in [-0.3, -0.25) is 0 Å². The molecular weight excluding hydrogens is 290 g/mol. The fourth-order valence-corrected chi connectivity index (χ4v) is 2.39. The highest BCUT2D eigenvalue weighted by molar-refractivity contribution is 6.16. The van der Waals surface area contributed by atoms with Crippen molar-refractivity contribution in [3.63, 3.8) is 0 Å². The number of halogens is 1. The minimum absolute atomic E-state index is 0.371. The Kier molecular flexibility index (Phi) is 5.85. The standard InChI is InChI=1S/C15H22ClN3O2/c1-18(2)7-9-21-10-8-19-12-5-4-6-13(20-3)15(12)17-14(19)11-16/h4-6H,7-11H2,1-3H3. The van der Waals surface area contributed by atoms with Crippen LogP contribution in [0.2, 0.25) is 0 Å². The van der Waals surface area contributed by atoms with Gasteiger partial charge in [-0.05, 0) is 26.2 Å². The van der Waals surface area contributed by atoms with Crippen LogP contribution >= 0.6 is 11.6 Å². The molecule has 0 saturated carbocycles. The number of nitrogens with zero attached hydrogens (tertiary/aromatic N) is 3. The minimum Gasteiger partial charge on any atom is -0.494 e. The molecule has 1 aromatic heterocycles. The van der Waals surface area contributed by atoms with Crippen molar-refractivity contribution < 1.29 is 9.47 Å². The van der Waals surface area contributed by atoms with E-state index in [0.717, 1.165) is 42.3 Å². The Morgan fingerprint density at radius 3 is 2.76 bits per heavy atom. The number of methoxy groups -OCH3 is 1.